The summed E-state index contributed by atoms with van der Waals surface area (Å²) >= 11 is 0. The van der Waals surface area contributed by atoms with E-state index in [0.717, 1.165) is 96.5 Å². The van der Waals surface area contributed by atoms with Crippen molar-refractivity contribution in [3.63, 3.8) is 0 Å². The molecule has 0 aliphatic carbocycles. The molecule has 0 unspecified atom stereocenters. The van der Waals surface area contributed by atoms with Crippen LogP contribution in [0.2, 0.25) is 0 Å². The summed E-state index contributed by atoms with van der Waals surface area (Å²) in [6, 6.07) is 65.9. The molecule has 12 rings (SSSR count). The largest absolute Gasteiger partial charge is 2.00 e. The maximum absolute atomic E-state index is 11.8. The monoisotopic (exact) mass is 1180 g/mol. The Labute approximate surface area is 506 Å². The van der Waals surface area contributed by atoms with Crippen LogP contribution in [-0.4, -0.2) is 68.9 Å². The molecule has 15 heteroatoms. The Morgan fingerprint density at radius 2 is 0.694 bits per heavy atom. The number of para-hydroxylation sites is 4. The van der Waals surface area contributed by atoms with Crippen molar-refractivity contribution in [1.82, 2.24) is 19.1 Å². The van der Waals surface area contributed by atoms with E-state index in [2.05, 4.69) is 31.2 Å². The van der Waals surface area contributed by atoms with Crippen LogP contribution in [0.3, 0.4) is 0 Å². The Morgan fingerprint density at radius 1 is 0.412 bits per heavy atom. The number of benzene rings is 8. The fourth-order valence-corrected chi connectivity index (χ4v) is 8.71. The molecule has 0 atom stereocenters. The molecule has 8 aromatic carbocycles. The second-order valence-electron chi connectivity index (χ2n) is 19.4. The average Bonchev–Trinajstić information content (AvgIpc) is 4.20. The van der Waals surface area contributed by atoms with Crippen molar-refractivity contribution in [3.8, 4) is 0 Å². The van der Waals surface area contributed by atoms with Crippen LogP contribution >= 0.6 is 0 Å². The van der Waals surface area contributed by atoms with Gasteiger partial charge < -0.3 is 40.3 Å². The summed E-state index contributed by atoms with van der Waals surface area (Å²) in [5, 5.41) is 23.5. The van der Waals surface area contributed by atoms with Gasteiger partial charge in [-0.15, -0.1) is 0 Å². The summed E-state index contributed by atoms with van der Waals surface area (Å²) in [7, 11) is 0. The fraction of sp³-hybridized carbons (Fsp3) is 0.171. The van der Waals surface area contributed by atoms with E-state index in [1.165, 1.54) is 25.7 Å². The minimum absolute atomic E-state index is 0. The molecule has 4 heterocycles. The molecule has 435 valence electrons. The normalized spacial score (nSPS) is 12.4. The van der Waals surface area contributed by atoms with Gasteiger partial charge in [0.05, 0.1) is 22.1 Å². The summed E-state index contributed by atoms with van der Waals surface area (Å²) in [4.78, 5) is 54.7. The number of carbonyl (C=O) groups excluding carboxylic acids is 4. The van der Waals surface area contributed by atoms with Gasteiger partial charge in [-0.3, -0.25) is 19.2 Å². The maximum atomic E-state index is 11.8. The molecular formula is C70H68CoN6O8. The molecule has 1 radical (unpaired) electrons. The van der Waals surface area contributed by atoms with Gasteiger partial charge in [-0.1, -0.05) is 181 Å². The SMILES string of the molecule is C1CCOC1.C1CCOC1.Cc1nc2ccccc2n1Cc1ccc(C(N)=O)cc1.Cc1nc2ccccc2n1Cc1ccc(C(N)=O)cc1.O=C(/C=C(\[O-])c1ccccc1)c1ccccc1.O=C(/C=C(\[O-])c1ccccc1)c1ccccc1.[Co+2]. The number of allylic oxidation sites excluding steroid dienone is 2. The molecule has 0 bridgehead atoms. The second-order valence-corrected chi connectivity index (χ2v) is 19.4. The number of hydrogen-bond acceptors (Lipinski definition) is 10. The topological polar surface area (TPSA) is 221 Å². The van der Waals surface area contributed by atoms with Gasteiger partial charge in [0.2, 0.25) is 11.8 Å². The van der Waals surface area contributed by atoms with E-state index in [1.54, 1.807) is 121 Å². The van der Waals surface area contributed by atoms with Crippen molar-refractivity contribution in [2.75, 3.05) is 26.4 Å². The molecule has 2 amide bonds. The fourth-order valence-electron chi connectivity index (χ4n) is 8.71. The summed E-state index contributed by atoms with van der Waals surface area (Å²) < 4.78 is 14.2. The van der Waals surface area contributed by atoms with Gasteiger partial charge >= 0.3 is 16.8 Å². The Kier molecular flexibility index (Phi) is 26.0. The van der Waals surface area contributed by atoms with Crippen molar-refractivity contribution >= 4 is 57.0 Å². The van der Waals surface area contributed by atoms with Crippen LogP contribution in [0.15, 0.2) is 231 Å². The first-order chi connectivity index (χ1) is 40.8. The number of nitrogens with zero attached hydrogens (tertiary/aromatic N) is 4. The first-order valence-electron chi connectivity index (χ1n) is 27.7. The molecule has 0 saturated carbocycles. The quantitative estimate of drug-likeness (QED) is 0.0669. The van der Waals surface area contributed by atoms with Gasteiger partial charge in [0.15, 0.2) is 11.6 Å². The number of ether oxygens (including phenoxy) is 2. The molecule has 2 aliphatic rings. The van der Waals surface area contributed by atoms with Crippen molar-refractivity contribution in [2.45, 2.75) is 52.6 Å². The predicted molar refractivity (Wildman–Crippen MR) is 328 cm³/mol. The number of rotatable bonds is 12. The molecule has 85 heavy (non-hydrogen) atoms. The minimum Gasteiger partial charge on any atom is -0.872 e. The number of nitrogens with two attached hydrogens (primary N) is 2. The van der Waals surface area contributed by atoms with Gasteiger partial charge in [-0.2, -0.15) is 0 Å². The van der Waals surface area contributed by atoms with E-state index >= 15 is 0 Å². The molecule has 2 fully saturated rings. The number of aromatic nitrogens is 4. The number of primary amides is 2. The van der Waals surface area contributed by atoms with E-state index in [1.807, 2.05) is 98.8 Å². The zero-order chi connectivity index (χ0) is 59.5. The van der Waals surface area contributed by atoms with Gasteiger partial charge in [-0.05, 0) is 122 Å². The summed E-state index contributed by atoms with van der Waals surface area (Å²) in [6.45, 7) is 9.45. The molecule has 2 saturated heterocycles. The summed E-state index contributed by atoms with van der Waals surface area (Å²) in [6.07, 6.45) is 7.37. The summed E-state index contributed by atoms with van der Waals surface area (Å²) in [5.74, 6) is 0.0924. The van der Waals surface area contributed by atoms with E-state index in [4.69, 9.17) is 20.9 Å². The van der Waals surface area contributed by atoms with Crippen LogP contribution in [0.4, 0.5) is 0 Å². The Morgan fingerprint density at radius 3 is 0.976 bits per heavy atom. The number of hydrogen-bond donors (Lipinski definition) is 2. The first-order valence-corrected chi connectivity index (χ1v) is 27.7. The van der Waals surface area contributed by atoms with Crippen LogP contribution in [0.1, 0.15) is 101 Å². The summed E-state index contributed by atoms with van der Waals surface area (Å²) in [5.41, 5.74) is 20.1. The third kappa shape index (κ3) is 20.4. The number of imidazole rings is 2. The van der Waals surface area contributed by atoms with Crippen molar-refractivity contribution in [3.05, 3.63) is 287 Å². The van der Waals surface area contributed by atoms with E-state index in [0.29, 0.717) is 33.4 Å². The second kappa shape index (κ2) is 34.2. The van der Waals surface area contributed by atoms with Crippen LogP contribution in [0.5, 0.6) is 0 Å². The standard InChI is InChI=1S/2C16H15N3O.2C15H12O2.2C4H8O.Co/c2*1-11-18-14-4-2-3-5-15(14)19(11)10-12-6-8-13(9-7-12)16(17)20;2*16-14(12-7-3-1-4-8-12)11-15(17)13-9-5-2-6-10-13;2*1-2-4-5-3-1;/h2*2-9H,10H2,1H3,(H2,17,20);2*1-11,16H;2*1-4H2;/q;;;;;;+2/p-2/b;;2*14-11-;;;. The van der Waals surface area contributed by atoms with Gasteiger partial charge in [0, 0.05) is 61.8 Å². The van der Waals surface area contributed by atoms with E-state index < -0.39 is 11.8 Å². The number of fused-ring (bicyclic) bond motifs is 2. The third-order valence-electron chi connectivity index (χ3n) is 13.3. The zero-order valence-electron chi connectivity index (χ0n) is 47.6. The Bertz CT molecular complexity index is 3490. The molecular weight excluding hydrogens is 1110 g/mol. The van der Waals surface area contributed by atoms with Crippen LogP contribution in [0, 0.1) is 13.8 Å². The average molecular weight is 1180 g/mol. The molecule has 2 aliphatic heterocycles. The molecule has 10 aromatic rings. The number of carbonyl (C=O) groups is 4. The number of aryl methyl sites for hydroxylation is 2. The zero-order valence-corrected chi connectivity index (χ0v) is 48.6. The van der Waals surface area contributed by atoms with Crippen LogP contribution in [-0.2, 0) is 39.3 Å². The maximum Gasteiger partial charge on any atom is 2.00 e. The molecule has 0 spiro atoms. The minimum atomic E-state index is -0.402. The van der Waals surface area contributed by atoms with Crippen LogP contribution < -0.4 is 21.7 Å². The van der Waals surface area contributed by atoms with Gasteiger partial charge in [-0.25, -0.2) is 9.97 Å². The van der Waals surface area contributed by atoms with E-state index in [-0.39, 0.29) is 39.9 Å². The molecule has 2 aromatic heterocycles. The van der Waals surface area contributed by atoms with E-state index in [9.17, 15) is 29.4 Å². The smallest absolute Gasteiger partial charge is 0.872 e. The van der Waals surface area contributed by atoms with Crippen molar-refractivity contribution < 1.29 is 55.6 Å². The van der Waals surface area contributed by atoms with Gasteiger partial charge in [0.1, 0.15) is 11.6 Å². The molecule has 4 N–H and O–H groups in total. The third-order valence-corrected chi connectivity index (χ3v) is 13.3. The van der Waals surface area contributed by atoms with Crippen molar-refractivity contribution in [1.29, 1.82) is 0 Å². The van der Waals surface area contributed by atoms with Crippen LogP contribution in [0.25, 0.3) is 33.6 Å². The Hall–Kier alpha value is -9.51. The molecule has 14 nitrogen and oxygen atoms in total. The predicted octanol–water partition coefficient (Wildman–Crippen LogP) is 11.1. The number of ketones is 2. The van der Waals surface area contributed by atoms with Crippen molar-refractivity contribution in [2.24, 2.45) is 11.5 Å². The Balaban J connectivity index is 0.000000171. The number of amides is 2. The first kappa shape index (κ1) is 64.7. The van der Waals surface area contributed by atoms with Gasteiger partial charge in [0.25, 0.3) is 0 Å².